The number of nitrogens with zero attached hydrogens (tertiary/aromatic N) is 6. The molecule has 1 amide bonds. The van der Waals surface area contributed by atoms with E-state index in [-0.39, 0.29) is 40.8 Å². The van der Waals surface area contributed by atoms with Crippen molar-refractivity contribution >= 4 is 33.4 Å². The molecule has 2 aromatic heterocycles. The van der Waals surface area contributed by atoms with Gasteiger partial charge in [0, 0.05) is 49.4 Å². The topological polar surface area (TPSA) is 74.7 Å². The highest BCUT2D eigenvalue weighted by atomic mass is 19.1. The molecule has 2 atom stereocenters. The van der Waals surface area contributed by atoms with Crippen LogP contribution in [-0.2, 0) is 4.79 Å². The molecule has 0 unspecified atom stereocenters. The van der Waals surface area contributed by atoms with E-state index in [1.807, 2.05) is 11.9 Å². The molecule has 2 aliphatic heterocycles. The molecule has 2 aromatic carbocycles. The van der Waals surface area contributed by atoms with Gasteiger partial charge < -0.3 is 19.4 Å². The van der Waals surface area contributed by atoms with Crippen LogP contribution in [0.25, 0.3) is 32.9 Å². The van der Waals surface area contributed by atoms with Crippen LogP contribution in [0.3, 0.4) is 0 Å². The van der Waals surface area contributed by atoms with Gasteiger partial charge in [0.25, 0.3) is 0 Å². The number of pyridine rings is 1. The van der Waals surface area contributed by atoms with Crippen LogP contribution in [0.15, 0.2) is 49.2 Å². The minimum Gasteiger partial charge on any atom is -0.462 e. The van der Waals surface area contributed by atoms with Crippen molar-refractivity contribution in [3.05, 3.63) is 66.4 Å². The normalized spacial score (nSPS) is 18.6. The zero-order chi connectivity index (χ0) is 31.0. The van der Waals surface area contributed by atoms with Crippen LogP contribution in [0, 0.1) is 24.0 Å². The molecule has 2 aliphatic rings. The number of likely N-dealkylation sites (N-methyl/N-ethyl adjacent to an activating group) is 2. The number of halogens is 2. The molecule has 0 spiro atoms. The van der Waals surface area contributed by atoms with E-state index in [2.05, 4.69) is 34.4 Å². The molecule has 44 heavy (non-hydrogen) atoms. The van der Waals surface area contributed by atoms with Crippen molar-refractivity contribution < 1.29 is 18.3 Å². The Hall–Kier alpha value is -4.62. The third kappa shape index (κ3) is 5.33. The first kappa shape index (κ1) is 29.5. The molecule has 0 aliphatic carbocycles. The van der Waals surface area contributed by atoms with E-state index in [1.54, 1.807) is 29.2 Å². The summed E-state index contributed by atoms with van der Waals surface area (Å²) < 4.78 is 37.5. The summed E-state index contributed by atoms with van der Waals surface area (Å²) in [6.07, 6.45) is 12.3. The Morgan fingerprint density at radius 3 is 2.73 bits per heavy atom. The minimum absolute atomic E-state index is 0.00229. The quantitative estimate of drug-likeness (QED) is 0.205. The predicted molar refractivity (Wildman–Crippen MR) is 167 cm³/mol. The highest BCUT2D eigenvalue weighted by Gasteiger charge is 2.30. The Labute approximate surface area is 255 Å². The molecular formula is C34H34F2N6O2. The monoisotopic (exact) mass is 596 g/mol. The first-order chi connectivity index (χ1) is 21.3. The fourth-order valence-corrected chi connectivity index (χ4v) is 6.45. The number of rotatable bonds is 8. The Bertz CT molecular complexity index is 1800. The SMILES string of the molecule is C#Cc1c(F)ccc2cccc(-c3ncc4c(N(C)C[C@@H]5CCCN5C(=O)C=C)nc(OC[C@@H]5CCCN5C)nc4c3F)c12. The molecule has 4 aromatic rings. The Balaban J connectivity index is 1.46. The van der Waals surface area contributed by atoms with Crippen LogP contribution in [0.1, 0.15) is 31.2 Å². The highest BCUT2D eigenvalue weighted by Crippen LogP contribution is 2.36. The van der Waals surface area contributed by atoms with E-state index in [9.17, 15) is 9.18 Å². The van der Waals surface area contributed by atoms with Crippen molar-refractivity contribution in [3.8, 4) is 29.6 Å². The summed E-state index contributed by atoms with van der Waals surface area (Å²) >= 11 is 0. The molecule has 0 bridgehead atoms. The number of amides is 1. The van der Waals surface area contributed by atoms with Gasteiger partial charge in [-0.15, -0.1) is 6.42 Å². The van der Waals surface area contributed by atoms with Gasteiger partial charge in [0.05, 0.1) is 10.9 Å². The standard InChI is InChI=1S/C34H34F2N6O2/c1-5-24-27(35)15-14-21-10-7-13-25(29(21)24)31-30(36)32-26(18-37-31)33(39-34(38-32)44-20-23-12-8-16-40(23)3)41(4)19-22-11-9-17-42(22)28(43)6-2/h1,6-7,10,13-15,18,22-23H,2,8-9,11-12,16-17,19-20H2,3-4H3/t22-,23-/m0/s1. The lowest BCUT2D eigenvalue weighted by atomic mass is 9.96. The number of carbonyl (C=O) groups is 1. The Morgan fingerprint density at radius 2 is 1.98 bits per heavy atom. The molecule has 4 heterocycles. The van der Waals surface area contributed by atoms with Crippen LogP contribution in [0.4, 0.5) is 14.6 Å². The second kappa shape index (κ2) is 12.2. The molecule has 0 N–H and O–H groups in total. The van der Waals surface area contributed by atoms with Gasteiger partial charge in [-0.05, 0) is 56.8 Å². The molecule has 226 valence electrons. The number of fused-ring (bicyclic) bond motifs is 2. The van der Waals surface area contributed by atoms with Crippen LogP contribution in [0.2, 0.25) is 0 Å². The number of carbonyl (C=O) groups excluding carboxylic acids is 1. The summed E-state index contributed by atoms with van der Waals surface area (Å²) in [4.78, 5) is 32.2. The zero-order valence-corrected chi connectivity index (χ0v) is 24.9. The van der Waals surface area contributed by atoms with Crippen LogP contribution < -0.4 is 9.64 Å². The number of anilines is 1. The maximum Gasteiger partial charge on any atom is 0.319 e. The second-order valence-corrected chi connectivity index (χ2v) is 11.5. The largest absolute Gasteiger partial charge is 0.462 e. The molecule has 0 radical (unpaired) electrons. The lowest BCUT2D eigenvalue weighted by Gasteiger charge is -2.29. The average molecular weight is 597 g/mol. The fourth-order valence-electron chi connectivity index (χ4n) is 6.45. The van der Waals surface area contributed by atoms with Gasteiger partial charge in [0.1, 0.15) is 29.5 Å². The maximum atomic E-state index is 16.6. The van der Waals surface area contributed by atoms with Crippen LogP contribution in [-0.4, -0.2) is 83.1 Å². The molecule has 2 saturated heterocycles. The maximum absolute atomic E-state index is 16.6. The lowest BCUT2D eigenvalue weighted by molar-refractivity contribution is -0.126. The van der Waals surface area contributed by atoms with E-state index >= 15 is 4.39 Å². The van der Waals surface area contributed by atoms with Crippen molar-refractivity contribution in [2.45, 2.75) is 37.8 Å². The Morgan fingerprint density at radius 1 is 1.18 bits per heavy atom. The Kier molecular flexibility index (Phi) is 8.15. The van der Waals surface area contributed by atoms with E-state index in [4.69, 9.17) is 16.1 Å². The summed E-state index contributed by atoms with van der Waals surface area (Å²) in [6, 6.07) is 8.34. The van der Waals surface area contributed by atoms with Crippen molar-refractivity contribution in [2.24, 2.45) is 0 Å². The van der Waals surface area contributed by atoms with Crippen molar-refractivity contribution in [3.63, 3.8) is 0 Å². The first-order valence-electron chi connectivity index (χ1n) is 14.8. The molecule has 8 nitrogen and oxygen atoms in total. The van der Waals surface area contributed by atoms with Gasteiger partial charge in [-0.1, -0.05) is 36.8 Å². The van der Waals surface area contributed by atoms with Crippen LogP contribution in [0.5, 0.6) is 6.01 Å². The second-order valence-electron chi connectivity index (χ2n) is 11.5. The number of ether oxygens (including phenoxy) is 1. The van der Waals surface area contributed by atoms with E-state index in [0.29, 0.717) is 47.2 Å². The number of aromatic nitrogens is 3. The van der Waals surface area contributed by atoms with Gasteiger partial charge in [0.15, 0.2) is 5.82 Å². The van der Waals surface area contributed by atoms with Gasteiger partial charge in [-0.2, -0.15) is 9.97 Å². The summed E-state index contributed by atoms with van der Waals surface area (Å²) in [5.74, 6) is 1.49. The molecule has 2 fully saturated rings. The predicted octanol–water partition coefficient (Wildman–Crippen LogP) is 5.19. The average Bonchev–Trinajstić information content (AvgIpc) is 3.67. The summed E-state index contributed by atoms with van der Waals surface area (Å²) in [6.45, 7) is 6.11. The summed E-state index contributed by atoms with van der Waals surface area (Å²) in [7, 11) is 3.90. The van der Waals surface area contributed by atoms with Gasteiger partial charge in [-0.25, -0.2) is 8.78 Å². The summed E-state index contributed by atoms with van der Waals surface area (Å²) in [5, 5.41) is 1.46. The highest BCUT2D eigenvalue weighted by molar-refractivity contribution is 6.02. The first-order valence-corrected chi connectivity index (χ1v) is 14.8. The van der Waals surface area contributed by atoms with Crippen molar-refractivity contribution in [1.29, 1.82) is 0 Å². The van der Waals surface area contributed by atoms with Gasteiger partial charge in [-0.3, -0.25) is 9.78 Å². The number of terminal acetylenes is 1. The third-order valence-electron chi connectivity index (χ3n) is 8.80. The lowest BCUT2D eigenvalue weighted by Crippen LogP contribution is -2.41. The number of hydrogen-bond acceptors (Lipinski definition) is 7. The van der Waals surface area contributed by atoms with Crippen molar-refractivity contribution in [2.75, 3.05) is 45.2 Å². The van der Waals surface area contributed by atoms with Crippen molar-refractivity contribution in [1.82, 2.24) is 24.8 Å². The molecular weight excluding hydrogens is 562 g/mol. The molecule has 10 heteroatoms. The van der Waals surface area contributed by atoms with Gasteiger partial charge in [0.2, 0.25) is 5.91 Å². The smallest absolute Gasteiger partial charge is 0.319 e. The van der Waals surface area contributed by atoms with E-state index in [0.717, 1.165) is 32.2 Å². The molecule has 0 saturated carbocycles. The van der Waals surface area contributed by atoms with Crippen LogP contribution >= 0.6 is 0 Å². The number of likely N-dealkylation sites (tertiary alicyclic amines) is 2. The zero-order valence-electron chi connectivity index (χ0n) is 24.9. The third-order valence-corrected chi connectivity index (χ3v) is 8.80. The number of benzene rings is 2. The van der Waals surface area contributed by atoms with E-state index in [1.165, 1.54) is 18.3 Å². The van der Waals surface area contributed by atoms with E-state index < -0.39 is 11.6 Å². The summed E-state index contributed by atoms with van der Waals surface area (Å²) in [5.41, 5.74) is 0.435. The fraction of sp³-hybridized carbons (Fsp3) is 0.353. The van der Waals surface area contributed by atoms with Gasteiger partial charge >= 0.3 is 6.01 Å². The molecule has 6 rings (SSSR count). The minimum atomic E-state index is -0.688. The number of hydrogen-bond donors (Lipinski definition) is 0.